The minimum absolute atomic E-state index is 0. The smallest absolute Gasteiger partial charge is 0.775 e. The summed E-state index contributed by atoms with van der Waals surface area (Å²) in [5.74, 6) is 1.10. The third-order valence-corrected chi connectivity index (χ3v) is 5.86. The molecule has 3 nitrogen and oxygen atoms in total. The van der Waals surface area contributed by atoms with E-state index in [1.165, 1.54) is 51.4 Å². The maximum atomic E-state index is 10.3. The fourth-order valence-corrected chi connectivity index (χ4v) is 4.35. The molecule has 2 saturated carbocycles. The maximum Gasteiger partial charge on any atom is 1.00 e. The molecule has 22 heavy (non-hydrogen) atoms. The van der Waals surface area contributed by atoms with Crippen molar-refractivity contribution in [2.45, 2.75) is 82.8 Å². The zero-order valence-corrected chi connectivity index (χ0v) is 20.6. The molecular formula is C18H30CsN2O-. The van der Waals surface area contributed by atoms with E-state index in [1.807, 2.05) is 0 Å². The SMILES string of the molecule is [CH2-]C(CCC1CCCCCCC1)OC(=[N-])C12CNC(C1)C2.[Cs+]. The van der Waals surface area contributed by atoms with Crippen molar-refractivity contribution in [3.8, 4) is 0 Å². The molecule has 2 heterocycles. The van der Waals surface area contributed by atoms with E-state index in [-0.39, 0.29) is 86.3 Å². The van der Waals surface area contributed by atoms with Crippen LogP contribution in [0.2, 0.25) is 0 Å². The first-order chi connectivity index (χ1) is 10.2. The Morgan fingerprint density at radius 2 is 1.82 bits per heavy atom. The zero-order chi connectivity index (χ0) is 14.7. The topological polar surface area (TPSA) is 43.6 Å². The molecule has 0 spiro atoms. The van der Waals surface area contributed by atoms with Gasteiger partial charge in [-0.3, -0.25) is 0 Å². The monoisotopic (exact) mass is 423 g/mol. The Morgan fingerprint density at radius 1 is 1.18 bits per heavy atom. The molecule has 1 unspecified atom stereocenters. The number of hydrogen-bond acceptors (Lipinski definition) is 2. The van der Waals surface area contributed by atoms with E-state index in [2.05, 4.69) is 12.2 Å². The Labute approximate surface area is 195 Å². The van der Waals surface area contributed by atoms with Crippen molar-refractivity contribution in [1.29, 1.82) is 0 Å². The number of fused-ring (bicyclic) bond motifs is 1. The molecule has 0 aromatic heterocycles. The number of nitrogens with one attached hydrogen (secondary N) is 1. The quantitative estimate of drug-likeness (QED) is 0.409. The Bertz CT molecular complexity index is 355. The van der Waals surface area contributed by atoms with Crippen LogP contribution in [0.3, 0.4) is 0 Å². The van der Waals surface area contributed by atoms with Gasteiger partial charge in [-0.1, -0.05) is 44.9 Å². The van der Waals surface area contributed by atoms with E-state index < -0.39 is 0 Å². The van der Waals surface area contributed by atoms with Gasteiger partial charge in [-0.2, -0.15) is 0 Å². The molecule has 4 rings (SSSR count). The molecule has 4 fully saturated rings. The van der Waals surface area contributed by atoms with E-state index in [0.717, 1.165) is 31.7 Å². The minimum atomic E-state index is -0.0931. The van der Waals surface area contributed by atoms with E-state index in [1.54, 1.807) is 0 Å². The zero-order valence-electron chi connectivity index (χ0n) is 14.3. The summed E-state index contributed by atoms with van der Waals surface area (Å²) in [6, 6.07) is 0.605. The Balaban J connectivity index is 0.00000176. The Kier molecular flexibility index (Phi) is 8.33. The molecule has 0 amide bonds. The second-order valence-electron chi connectivity index (χ2n) is 7.60. The molecule has 4 heteroatoms. The van der Waals surface area contributed by atoms with Crippen LogP contribution >= 0.6 is 0 Å². The van der Waals surface area contributed by atoms with Crippen molar-refractivity contribution in [1.82, 2.24) is 5.32 Å². The van der Waals surface area contributed by atoms with Crippen LogP contribution in [0, 0.1) is 18.3 Å². The summed E-state index contributed by atoms with van der Waals surface area (Å²) < 4.78 is 5.74. The van der Waals surface area contributed by atoms with Crippen LogP contribution in [0.4, 0.5) is 0 Å². The molecule has 2 aliphatic carbocycles. The first kappa shape index (κ1) is 19.8. The predicted molar refractivity (Wildman–Crippen MR) is 87.1 cm³/mol. The molecule has 2 aliphatic heterocycles. The molecule has 1 N–H and O–H groups in total. The maximum absolute atomic E-state index is 10.3. The average Bonchev–Trinajstić information content (AvgIpc) is 2.97. The van der Waals surface area contributed by atoms with Crippen molar-refractivity contribution in [3.63, 3.8) is 0 Å². The van der Waals surface area contributed by atoms with Gasteiger partial charge < -0.3 is 22.4 Å². The van der Waals surface area contributed by atoms with Gasteiger partial charge in [0.2, 0.25) is 0 Å². The number of rotatable bonds is 5. The van der Waals surface area contributed by atoms with Crippen molar-refractivity contribution in [3.05, 3.63) is 12.3 Å². The van der Waals surface area contributed by atoms with E-state index in [4.69, 9.17) is 4.74 Å². The standard InChI is InChI=1S/C18H30N2O.Cs/c1-14(9-10-15-7-5-3-2-4-6-8-15)21-17(19)18-11-16(12-18)20-13-18;/h14-16,20H,1-13H2;/q-2;+1. The van der Waals surface area contributed by atoms with Crippen molar-refractivity contribution in [2.75, 3.05) is 6.54 Å². The first-order valence-electron chi connectivity index (χ1n) is 8.97. The molecule has 120 valence electrons. The number of ether oxygens (including phenoxy) is 1. The molecule has 4 aliphatic rings. The third kappa shape index (κ3) is 4.99. The summed E-state index contributed by atoms with van der Waals surface area (Å²) >= 11 is 0. The van der Waals surface area contributed by atoms with Crippen LogP contribution in [-0.2, 0) is 4.74 Å². The van der Waals surface area contributed by atoms with Crippen molar-refractivity contribution < 1.29 is 73.6 Å². The van der Waals surface area contributed by atoms with Gasteiger partial charge in [0.05, 0.1) is 0 Å². The van der Waals surface area contributed by atoms with Gasteiger partial charge in [-0.25, -0.2) is 0 Å². The molecule has 2 saturated heterocycles. The number of nitrogens with zero attached hydrogens (tertiary/aromatic N) is 1. The summed E-state index contributed by atoms with van der Waals surface area (Å²) in [5.41, 5.74) is -0.0825. The van der Waals surface area contributed by atoms with Crippen LogP contribution in [0.15, 0.2) is 0 Å². The molecular weight excluding hydrogens is 393 g/mol. The van der Waals surface area contributed by atoms with Gasteiger partial charge in [0.1, 0.15) is 0 Å². The van der Waals surface area contributed by atoms with Crippen LogP contribution in [0.1, 0.15) is 70.6 Å². The summed E-state index contributed by atoms with van der Waals surface area (Å²) in [7, 11) is 0. The van der Waals surface area contributed by atoms with Crippen molar-refractivity contribution in [2.24, 2.45) is 11.3 Å². The van der Waals surface area contributed by atoms with Crippen LogP contribution in [0.25, 0.3) is 5.41 Å². The van der Waals surface area contributed by atoms with Crippen LogP contribution in [0.5, 0.6) is 0 Å². The fourth-order valence-electron chi connectivity index (χ4n) is 4.35. The van der Waals surface area contributed by atoms with Crippen molar-refractivity contribution >= 4 is 5.90 Å². The molecule has 0 aromatic carbocycles. The van der Waals surface area contributed by atoms with Gasteiger partial charge in [-0.15, -0.1) is 0 Å². The molecule has 1 atom stereocenters. The second kappa shape index (κ2) is 9.25. The second-order valence-corrected chi connectivity index (χ2v) is 7.60. The minimum Gasteiger partial charge on any atom is -0.775 e. The summed E-state index contributed by atoms with van der Waals surface area (Å²) in [6.45, 7) is 4.97. The fraction of sp³-hybridized carbons (Fsp3) is 0.889. The van der Waals surface area contributed by atoms with Gasteiger partial charge >= 0.3 is 68.9 Å². The summed E-state index contributed by atoms with van der Waals surface area (Å²) in [6.07, 6.45) is 13.9. The van der Waals surface area contributed by atoms with Gasteiger partial charge in [-0.05, 0) is 43.6 Å². The third-order valence-electron chi connectivity index (χ3n) is 5.86. The van der Waals surface area contributed by atoms with Crippen LogP contribution in [-0.4, -0.2) is 24.6 Å². The molecule has 2 bridgehead atoms. The van der Waals surface area contributed by atoms with Gasteiger partial charge in [0, 0.05) is 18.0 Å². The summed E-state index contributed by atoms with van der Waals surface area (Å²) in [4.78, 5) is 0. The predicted octanol–water partition coefficient (Wildman–Crippen LogP) is 1.07. The average molecular weight is 423 g/mol. The Morgan fingerprint density at radius 3 is 2.41 bits per heavy atom. The summed E-state index contributed by atoms with van der Waals surface area (Å²) in [5, 5.41) is 13.7. The first-order valence-corrected chi connectivity index (χ1v) is 8.97. The van der Waals surface area contributed by atoms with E-state index in [0.29, 0.717) is 6.04 Å². The largest absolute Gasteiger partial charge is 1.00 e. The molecule has 0 aromatic rings. The van der Waals surface area contributed by atoms with Gasteiger partial charge in [0.15, 0.2) is 0 Å². The van der Waals surface area contributed by atoms with Crippen LogP contribution < -0.4 is 74.2 Å². The normalized spacial score (nSPS) is 33.0. The van der Waals surface area contributed by atoms with E-state index >= 15 is 0 Å². The van der Waals surface area contributed by atoms with E-state index in [9.17, 15) is 5.41 Å². The number of hydrogen-bond donors (Lipinski definition) is 1. The Hall–Kier alpha value is 1.48. The van der Waals surface area contributed by atoms with Gasteiger partial charge in [0.25, 0.3) is 0 Å². The molecule has 0 radical (unpaired) electrons.